The Morgan fingerprint density at radius 2 is 0.731 bits per heavy atom. The van der Waals surface area contributed by atoms with E-state index >= 15 is 0 Å². The minimum Gasteiger partial charge on any atom is -0.394 e. The number of rotatable bonds is 47. The first-order valence-electron chi connectivity index (χ1n) is 31.3. The predicted octanol–water partition coefficient (Wildman–Crippen LogP) is 5.99. The van der Waals surface area contributed by atoms with Gasteiger partial charge in [0, 0.05) is 6.42 Å². The number of nitrogens with one attached hydrogen (secondary N) is 1. The lowest BCUT2D eigenvalue weighted by molar-refractivity contribution is -0.379. The largest absolute Gasteiger partial charge is 0.394 e. The third kappa shape index (κ3) is 27.0. The van der Waals surface area contributed by atoms with E-state index < -0.39 is 124 Å². The molecule has 0 aliphatic carbocycles. The van der Waals surface area contributed by atoms with Crippen molar-refractivity contribution in [2.75, 3.05) is 26.4 Å². The molecule has 3 saturated heterocycles. The second-order valence-electron chi connectivity index (χ2n) is 22.9. The van der Waals surface area contributed by atoms with Crippen LogP contribution < -0.4 is 5.32 Å². The standard InChI is InChI=1S/C59H113NO18/c1-3-5-7-9-11-13-15-17-19-20-21-22-23-25-27-29-31-33-35-37-47(65)60-42(43(64)36-34-32-30-28-26-24-18-16-14-12-10-8-6-4-2)41-73-57-53(71)50(68)55(45(39-62)75-57)78-59-54(72)51(69)56(46(40-63)76-59)77-58-52(70)49(67)48(66)44(38-61)74-58/h42-46,48-59,61-64,66-72H,3-41H2,1-2H3,(H,60,65). The number of ether oxygens (including phenoxy) is 6. The van der Waals surface area contributed by atoms with Crippen molar-refractivity contribution < 1.29 is 89.4 Å². The third-order valence-corrected chi connectivity index (χ3v) is 16.2. The molecule has 3 fully saturated rings. The van der Waals surface area contributed by atoms with Crippen LogP contribution in [-0.2, 0) is 33.2 Å². The van der Waals surface area contributed by atoms with Gasteiger partial charge in [0.2, 0.25) is 5.91 Å². The molecular formula is C59H113NO18. The molecule has 78 heavy (non-hydrogen) atoms. The monoisotopic (exact) mass is 1120 g/mol. The molecule has 17 atom stereocenters. The highest BCUT2D eigenvalue weighted by Gasteiger charge is 2.53. The lowest BCUT2D eigenvalue weighted by Crippen LogP contribution is -2.66. The average molecular weight is 1120 g/mol. The van der Waals surface area contributed by atoms with Crippen molar-refractivity contribution in [1.29, 1.82) is 0 Å². The van der Waals surface area contributed by atoms with Crippen LogP contribution in [0.25, 0.3) is 0 Å². The second-order valence-corrected chi connectivity index (χ2v) is 22.9. The van der Waals surface area contributed by atoms with Gasteiger partial charge in [-0.1, -0.05) is 219 Å². The molecule has 17 unspecified atom stereocenters. The van der Waals surface area contributed by atoms with Crippen LogP contribution in [0.15, 0.2) is 0 Å². The number of carbonyl (C=O) groups is 1. The summed E-state index contributed by atoms with van der Waals surface area (Å²) in [6.45, 7) is 1.81. The smallest absolute Gasteiger partial charge is 0.220 e. The van der Waals surface area contributed by atoms with Crippen LogP contribution in [0.3, 0.4) is 0 Å². The Morgan fingerprint density at radius 1 is 0.410 bits per heavy atom. The van der Waals surface area contributed by atoms with Crippen LogP contribution in [0.2, 0.25) is 0 Å². The second kappa shape index (κ2) is 43.4. The van der Waals surface area contributed by atoms with Crippen LogP contribution in [0.5, 0.6) is 0 Å². The van der Waals surface area contributed by atoms with Gasteiger partial charge in [-0.15, -0.1) is 0 Å². The molecule has 0 spiro atoms. The Kier molecular flexibility index (Phi) is 39.6. The van der Waals surface area contributed by atoms with E-state index in [9.17, 15) is 61.0 Å². The van der Waals surface area contributed by atoms with Crippen LogP contribution in [0.4, 0.5) is 0 Å². The molecule has 3 heterocycles. The summed E-state index contributed by atoms with van der Waals surface area (Å²) in [6.07, 6.45) is 14.7. The van der Waals surface area contributed by atoms with E-state index in [1.165, 1.54) is 161 Å². The normalized spacial score (nSPS) is 30.4. The van der Waals surface area contributed by atoms with E-state index in [-0.39, 0.29) is 18.9 Å². The fraction of sp³-hybridized carbons (Fsp3) is 0.983. The van der Waals surface area contributed by atoms with Gasteiger partial charge in [-0.25, -0.2) is 0 Å². The van der Waals surface area contributed by atoms with Crippen molar-refractivity contribution in [2.24, 2.45) is 0 Å². The zero-order chi connectivity index (χ0) is 56.9. The maximum Gasteiger partial charge on any atom is 0.220 e. The molecule has 0 aromatic rings. The van der Waals surface area contributed by atoms with E-state index in [0.29, 0.717) is 12.8 Å². The van der Waals surface area contributed by atoms with E-state index in [1.807, 2.05) is 0 Å². The van der Waals surface area contributed by atoms with Crippen molar-refractivity contribution in [3.05, 3.63) is 0 Å². The van der Waals surface area contributed by atoms with Crippen LogP contribution in [0, 0.1) is 0 Å². The Hall–Kier alpha value is -1.21. The van der Waals surface area contributed by atoms with Gasteiger partial charge in [0.15, 0.2) is 18.9 Å². The van der Waals surface area contributed by atoms with Crippen molar-refractivity contribution in [3.8, 4) is 0 Å². The van der Waals surface area contributed by atoms with E-state index in [1.54, 1.807) is 0 Å². The third-order valence-electron chi connectivity index (χ3n) is 16.2. The van der Waals surface area contributed by atoms with Crippen LogP contribution in [0.1, 0.15) is 239 Å². The molecule has 3 aliphatic heterocycles. The first-order chi connectivity index (χ1) is 37.8. The van der Waals surface area contributed by atoms with Gasteiger partial charge < -0.3 is 89.9 Å². The highest BCUT2D eigenvalue weighted by Crippen LogP contribution is 2.33. The molecule has 0 radical (unpaired) electrons. The topological polar surface area (TPSA) is 307 Å². The van der Waals surface area contributed by atoms with Crippen molar-refractivity contribution in [3.63, 3.8) is 0 Å². The number of aliphatic hydroxyl groups is 11. The molecule has 0 aromatic heterocycles. The number of amides is 1. The van der Waals surface area contributed by atoms with Gasteiger partial charge in [-0.3, -0.25) is 4.79 Å². The molecule has 19 nitrogen and oxygen atoms in total. The summed E-state index contributed by atoms with van der Waals surface area (Å²) < 4.78 is 34.3. The summed E-state index contributed by atoms with van der Waals surface area (Å²) in [6, 6.07) is -0.880. The highest BCUT2D eigenvalue weighted by atomic mass is 16.8. The molecule has 0 bridgehead atoms. The number of unbranched alkanes of at least 4 members (excludes halogenated alkanes) is 31. The van der Waals surface area contributed by atoms with Crippen molar-refractivity contribution in [1.82, 2.24) is 5.32 Å². The molecule has 0 aromatic carbocycles. The predicted molar refractivity (Wildman–Crippen MR) is 296 cm³/mol. The Labute approximate surface area is 468 Å². The molecule has 0 saturated carbocycles. The van der Waals surface area contributed by atoms with Crippen molar-refractivity contribution in [2.45, 2.75) is 343 Å². The minimum atomic E-state index is -1.97. The first-order valence-corrected chi connectivity index (χ1v) is 31.3. The summed E-state index contributed by atoms with van der Waals surface area (Å²) in [5, 5.41) is 120. The highest BCUT2D eigenvalue weighted by molar-refractivity contribution is 5.76. The zero-order valence-corrected chi connectivity index (χ0v) is 48.2. The number of carbonyl (C=O) groups excluding carboxylic acids is 1. The number of hydrogen-bond acceptors (Lipinski definition) is 18. The van der Waals surface area contributed by atoms with E-state index in [2.05, 4.69) is 19.2 Å². The maximum atomic E-state index is 13.4. The Balaban J connectivity index is 1.47. The number of aliphatic hydroxyl groups excluding tert-OH is 11. The summed E-state index contributed by atoms with van der Waals surface area (Å²) in [4.78, 5) is 13.4. The van der Waals surface area contributed by atoms with Gasteiger partial charge in [0.05, 0.1) is 38.6 Å². The molecule has 1 amide bonds. The van der Waals surface area contributed by atoms with Gasteiger partial charge in [0.25, 0.3) is 0 Å². The minimum absolute atomic E-state index is 0.238. The first kappa shape index (κ1) is 71.1. The summed E-state index contributed by atoms with van der Waals surface area (Å²) in [5.41, 5.74) is 0. The van der Waals surface area contributed by atoms with E-state index in [0.717, 1.165) is 44.9 Å². The Morgan fingerprint density at radius 3 is 1.12 bits per heavy atom. The SMILES string of the molecule is CCCCCCCCCCCCCCCCCCCCCC(=O)NC(COC1OC(CO)C(OC2OC(CO)C(OC3OC(CO)C(O)C(O)C3O)C(O)C2O)C(O)C1O)C(O)CCCCCCCCCCCCCCCC. The van der Waals surface area contributed by atoms with Crippen LogP contribution >= 0.6 is 0 Å². The van der Waals surface area contributed by atoms with Gasteiger partial charge in [-0.2, -0.15) is 0 Å². The van der Waals surface area contributed by atoms with Gasteiger partial charge >= 0.3 is 0 Å². The molecule has 3 rings (SSSR count). The van der Waals surface area contributed by atoms with Crippen LogP contribution in [-0.4, -0.2) is 193 Å². The average Bonchev–Trinajstić information content (AvgIpc) is 3.45. The Bertz CT molecular complexity index is 1440. The van der Waals surface area contributed by atoms with E-state index in [4.69, 9.17) is 28.4 Å². The quantitative estimate of drug-likeness (QED) is 0.0312. The summed E-state index contributed by atoms with van der Waals surface area (Å²) in [5.74, 6) is -0.238. The molecular weight excluding hydrogens is 1010 g/mol. The summed E-state index contributed by atoms with van der Waals surface area (Å²) in [7, 11) is 0. The fourth-order valence-electron chi connectivity index (χ4n) is 11.0. The lowest BCUT2D eigenvalue weighted by atomic mass is 9.96. The molecule has 3 aliphatic rings. The van der Waals surface area contributed by atoms with Crippen molar-refractivity contribution >= 4 is 5.91 Å². The molecule has 19 heteroatoms. The van der Waals surface area contributed by atoms with Gasteiger partial charge in [-0.05, 0) is 12.8 Å². The lowest BCUT2D eigenvalue weighted by Gasteiger charge is -2.48. The van der Waals surface area contributed by atoms with Gasteiger partial charge in [0.1, 0.15) is 73.2 Å². The molecule has 462 valence electrons. The number of hydrogen-bond donors (Lipinski definition) is 12. The zero-order valence-electron chi connectivity index (χ0n) is 48.2. The fourth-order valence-corrected chi connectivity index (χ4v) is 11.0. The molecule has 12 N–H and O–H groups in total. The maximum absolute atomic E-state index is 13.4. The summed E-state index contributed by atoms with van der Waals surface area (Å²) >= 11 is 0.